The van der Waals surface area contributed by atoms with Gasteiger partial charge in [-0.25, -0.2) is 0 Å². The Morgan fingerprint density at radius 1 is 1.04 bits per heavy atom. The van der Waals surface area contributed by atoms with Gasteiger partial charge < -0.3 is 14.8 Å². The van der Waals surface area contributed by atoms with Crippen LogP contribution in [0.1, 0.15) is 30.9 Å². The van der Waals surface area contributed by atoms with E-state index in [1.807, 2.05) is 47.6 Å². The van der Waals surface area contributed by atoms with Gasteiger partial charge in [-0.3, -0.25) is 9.59 Å². The Hall–Kier alpha value is -3.08. The maximum absolute atomic E-state index is 12.7. The molecular weight excluding hydrogens is 350 g/mol. The average molecular weight is 375 g/mol. The number of nitrogens with one attached hydrogen (secondary N) is 1. The number of likely N-dealkylation sites (tertiary alicyclic amines) is 1. The highest BCUT2D eigenvalue weighted by atomic mass is 16.2. The molecular formula is C23H25N3O2. The summed E-state index contributed by atoms with van der Waals surface area (Å²) in [5.74, 6) is 0.188. The van der Waals surface area contributed by atoms with Crippen molar-refractivity contribution in [1.82, 2.24) is 14.8 Å². The molecule has 0 spiro atoms. The summed E-state index contributed by atoms with van der Waals surface area (Å²) in [6, 6.07) is 18.4. The Kier molecular flexibility index (Phi) is 5.42. The molecule has 0 radical (unpaired) electrons. The SMILES string of the molecule is O=C(C[C@H](c1cccc2ccccc12)n1cccc1)NCCN1CCCC1=O. The molecule has 3 aromatic rings. The molecule has 4 rings (SSSR count). The Bertz CT molecular complexity index is 960. The number of rotatable bonds is 7. The fourth-order valence-corrected chi connectivity index (χ4v) is 3.99. The largest absolute Gasteiger partial charge is 0.354 e. The lowest BCUT2D eigenvalue weighted by molar-refractivity contribution is -0.128. The molecule has 28 heavy (non-hydrogen) atoms. The second-order valence-electron chi connectivity index (χ2n) is 7.25. The second-order valence-corrected chi connectivity index (χ2v) is 7.25. The van der Waals surface area contributed by atoms with Gasteiger partial charge in [0.1, 0.15) is 0 Å². The van der Waals surface area contributed by atoms with E-state index in [0.29, 0.717) is 25.9 Å². The number of aromatic nitrogens is 1. The van der Waals surface area contributed by atoms with Crippen LogP contribution in [0.5, 0.6) is 0 Å². The van der Waals surface area contributed by atoms with Gasteiger partial charge in [0.2, 0.25) is 11.8 Å². The molecule has 0 saturated carbocycles. The van der Waals surface area contributed by atoms with E-state index in [0.717, 1.165) is 18.5 Å². The van der Waals surface area contributed by atoms with E-state index in [9.17, 15) is 9.59 Å². The third-order valence-corrected chi connectivity index (χ3v) is 5.42. The number of carbonyl (C=O) groups is 2. The van der Waals surface area contributed by atoms with Crippen LogP contribution in [0.25, 0.3) is 10.8 Å². The first-order valence-electron chi connectivity index (χ1n) is 9.87. The van der Waals surface area contributed by atoms with Crippen LogP contribution in [0.3, 0.4) is 0 Å². The van der Waals surface area contributed by atoms with Gasteiger partial charge >= 0.3 is 0 Å². The Labute approximate surface area is 165 Å². The van der Waals surface area contributed by atoms with Crippen LogP contribution < -0.4 is 5.32 Å². The molecule has 2 aromatic carbocycles. The predicted octanol–water partition coefficient (Wildman–Crippen LogP) is 3.36. The van der Waals surface area contributed by atoms with Gasteiger partial charge in [0.05, 0.1) is 12.5 Å². The first-order valence-corrected chi connectivity index (χ1v) is 9.87. The zero-order valence-electron chi connectivity index (χ0n) is 15.9. The molecule has 0 aliphatic carbocycles. The smallest absolute Gasteiger partial charge is 0.222 e. The maximum atomic E-state index is 12.7. The molecule has 1 aliphatic rings. The van der Waals surface area contributed by atoms with Gasteiger partial charge in [0.15, 0.2) is 0 Å². The zero-order chi connectivity index (χ0) is 19.3. The molecule has 1 N–H and O–H groups in total. The van der Waals surface area contributed by atoms with Crippen molar-refractivity contribution in [3.05, 3.63) is 72.6 Å². The van der Waals surface area contributed by atoms with Crippen molar-refractivity contribution in [2.45, 2.75) is 25.3 Å². The zero-order valence-corrected chi connectivity index (χ0v) is 15.9. The standard InChI is InChI=1S/C23H25N3O2/c27-22(24-12-16-26-15-6-11-23(26)28)17-21(25-13-3-4-14-25)20-10-5-8-18-7-1-2-9-19(18)20/h1-5,7-10,13-14,21H,6,11-12,15-17H2,(H,24,27)/t21-/m1/s1. The molecule has 2 amide bonds. The molecule has 5 heteroatoms. The number of fused-ring (bicyclic) bond motifs is 1. The van der Waals surface area contributed by atoms with Crippen LogP contribution >= 0.6 is 0 Å². The van der Waals surface area contributed by atoms with Gasteiger partial charge in [-0.15, -0.1) is 0 Å². The molecule has 1 fully saturated rings. The van der Waals surface area contributed by atoms with Gasteiger partial charge in [-0.05, 0) is 34.9 Å². The highest BCUT2D eigenvalue weighted by Gasteiger charge is 2.21. The van der Waals surface area contributed by atoms with E-state index in [1.165, 1.54) is 10.8 Å². The quantitative estimate of drug-likeness (QED) is 0.688. The van der Waals surface area contributed by atoms with Crippen molar-refractivity contribution in [2.24, 2.45) is 0 Å². The molecule has 144 valence electrons. The van der Waals surface area contributed by atoms with Crippen molar-refractivity contribution >= 4 is 22.6 Å². The summed E-state index contributed by atoms with van der Waals surface area (Å²) >= 11 is 0. The summed E-state index contributed by atoms with van der Waals surface area (Å²) in [7, 11) is 0. The van der Waals surface area contributed by atoms with Crippen LogP contribution in [0, 0.1) is 0 Å². The minimum absolute atomic E-state index is 0.00159. The predicted molar refractivity (Wildman–Crippen MR) is 110 cm³/mol. The van der Waals surface area contributed by atoms with Crippen LogP contribution in [0.2, 0.25) is 0 Å². The lowest BCUT2D eigenvalue weighted by atomic mass is 9.96. The normalized spacial score (nSPS) is 15.1. The van der Waals surface area contributed by atoms with Crippen molar-refractivity contribution in [2.75, 3.05) is 19.6 Å². The maximum Gasteiger partial charge on any atom is 0.222 e. The molecule has 5 nitrogen and oxygen atoms in total. The van der Waals surface area contributed by atoms with Gasteiger partial charge in [-0.1, -0.05) is 42.5 Å². The topological polar surface area (TPSA) is 54.3 Å². The summed E-state index contributed by atoms with van der Waals surface area (Å²) < 4.78 is 2.09. The molecule has 1 atom stereocenters. The average Bonchev–Trinajstić information content (AvgIpc) is 3.38. The molecule has 0 unspecified atom stereocenters. The first kappa shape index (κ1) is 18.3. The van der Waals surface area contributed by atoms with Crippen LogP contribution in [0.4, 0.5) is 0 Å². The Morgan fingerprint density at radius 2 is 1.82 bits per heavy atom. The monoisotopic (exact) mass is 375 g/mol. The third kappa shape index (κ3) is 3.93. The van der Waals surface area contributed by atoms with E-state index in [-0.39, 0.29) is 17.9 Å². The summed E-state index contributed by atoms with van der Waals surface area (Å²) in [5, 5.41) is 5.33. The minimum atomic E-state index is -0.0745. The number of hydrogen-bond donors (Lipinski definition) is 1. The van der Waals surface area contributed by atoms with Crippen molar-refractivity contribution in [3.8, 4) is 0 Å². The summed E-state index contributed by atoms with van der Waals surface area (Å²) in [5.41, 5.74) is 1.14. The summed E-state index contributed by atoms with van der Waals surface area (Å²) in [4.78, 5) is 26.2. The lowest BCUT2D eigenvalue weighted by Crippen LogP contribution is -2.36. The molecule has 2 heterocycles. The van der Waals surface area contributed by atoms with Gasteiger partial charge in [-0.2, -0.15) is 0 Å². The van der Waals surface area contributed by atoms with E-state index in [4.69, 9.17) is 0 Å². The molecule has 1 saturated heterocycles. The molecule has 0 bridgehead atoms. The number of amides is 2. The van der Waals surface area contributed by atoms with Crippen molar-refractivity contribution < 1.29 is 9.59 Å². The molecule has 1 aromatic heterocycles. The summed E-state index contributed by atoms with van der Waals surface area (Å²) in [6.45, 7) is 1.89. The summed E-state index contributed by atoms with van der Waals surface area (Å²) in [6.07, 6.45) is 5.91. The number of carbonyl (C=O) groups excluding carboxylic acids is 2. The second kappa shape index (κ2) is 8.30. The van der Waals surface area contributed by atoms with Gasteiger partial charge in [0, 0.05) is 38.4 Å². The fourth-order valence-electron chi connectivity index (χ4n) is 3.99. The van der Waals surface area contributed by atoms with Gasteiger partial charge in [0.25, 0.3) is 0 Å². The van der Waals surface area contributed by atoms with E-state index in [2.05, 4.69) is 34.1 Å². The first-order chi connectivity index (χ1) is 13.7. The van der Waals surface area contributed by atoms with E-state index in [1.54, 1.807) is 0 Å². The third-order valence-electron chi connectivity index (χ3n) is 5.42. The molecule has 1 aliphatic heterocycles. The van der Waals surface area contributed by atoms with E-state index < -0.39 is 0 Å². The van der Waals surface area contributed by atoms with E-state index >= 15 is 0 Å². The van der Waals surface area contributed by atoms with Crippen molar-refractivity contribution in [1.29, 1.82) is 0 Å². The van der Waals surface area contributed by atoms with Crippen molar-refractivity contribution in [3.63, 3.8) is 0 Å². The number of hydrogen-bond acceptors (Lipinski definition) is 2. The Balaban J connectivity index is 1.49. The highest BCUT2D eigenvalue weighted by Crippen LogP contribution is 2.29. The number of nitrogens with zero attached hydrogens (tertiary/aromatic N) is 2. The highest BCUT2D eigenvalue weighted by molar-refractivity contribution is 5.87. The minimum Gasteiger partial charge on any atom is -0.354 e. The van der Waals surface area contributed by atoms with Crippen LogP contribution in [-0.2, 0) is 9.59 Å². The Morgan fingerprint density at radius 3 is 2.61 bits per heavy atom. The van der Waals surface area contributed by atoms with Crippen LogP contribution in [0.15, 0.2) is 67.0 Å². The number of benzene rings is 2. The van der Waals surface area contributed by atoms with Crippen LogP contribution in [-0.4, -0.2) is 40.9 Å². The lowest BCUT2D eigenvalue weighted by Gasteiger charge is -2.22. The fraction of sp³-hybridized carbons (Fsp3) is 0.304.